The number of thiophene rings is 1. The Balaban J connectivity index is 1.72. The standard InChI is InChI=1S/C15H11N5O3S/c21-15(19-16-9-12-5-2-6-24-12)14-8-13(17-18-14)10-3-1-4-11(7-10)20(22)23/h1-9H,(H,17,18)(H,19,21)/b16-9+. The van der Waals surface area contributed by atoms with Gasteiger partial charge >= 0.3 is 0 Å². The summed E-state index contributed by atoms with van der Waals surface area (Å²) in [4.78, 5) is 23.2. The van der Waals surface area contributed by atoms with Crippen LogP contribution in [0.5, 0.6) is 0 Å². The van der Waals surface area contributed by atoms with Crippen LogP contribution in [0.4, 0.5) is 5.69 Å². The normalized spacial score (nSPS) is 10.8. The van der Waals surface area contributed by atoms with Gasteiger partial charge in [0, 0.05) is 22.6 Å². The molecular formula is C15H11N5O3S. The number of aromatic nitrogens is 2. The van der Waals surface area contributed by atoms with Crippen molar-refractivity contribution in [2.75, 3.05) is 0 Å². The number of H-pyrrole nitrogens is 1. The number of carbonyl (C=O) groups is 1. The smallest absolute Gasteiger partial charge is 0.272 e. The molecule has 0 fully saturated rings. The van der Waals surface area contributed by atoms with E-state index in [0.29, 0.717) is 11.3 Å². The molecule has 3 rings (SSSR count). The van der Waals surface area contributed by atoms with Crippen LogP contribution in [0, 0.1) is 10.1 Å². The van der Waals surface area contributed by atoms with Crippen molar-refractivity contribution in [1.29, 1.82) is 0 Å². The van der Waals surface area contributed by atoms with E-state index in [1.807, 2.05) is 17.5 Å². The Kier molecular flexibility index (Phi) is 4.43. The Morgan fingerprint density at radius 1 is 1.33 bits per heavy atom. The van der Waals surface area contributed by atoms with Crippen LogP contribution in [0.3, 0.4) is 0 Å². The lowest BCUT2D eigenvalue weighted by Gasteiger charge is -1.96. The fraction of sp³-hybridized carbons (Fsp3) is 0. The Labute approximate surface area is 140 Å². The van der Waals surface area contributed by atoms with Gasteiger partial charge in [-0.1, -0.05) is 18.2 Å². The first-order valence-corrected chi connectivity index (χ1v) is 7.68. The van der Waals surface area contributed by atoms with E-state index in [-0.39, 0.29) is 11.4 Å². The van der Waals surface area contributed by atoms with Crippen molar-refractivity contribution in [3.05, 3.63) is 68.5 Å². The Morgan fingerprint density at radius 3 is 2.96 bits per heavy atom. The molecule has 9 heteroatoms. The van der Waals surface area contributed by atoms with E-state index in [9.17, 15) is 14.9 Å². The monoisotopic (exact) mass is 341 g/mol. The van der Waals surface area contributed by atoms with Crippen LogP contribution < -0.4 is 5.43 Å². The molecule has 0 saturated carbocycles. The summed E-state index contributed by atoms with van der Waals surface area (Å²) in [6.45, 7) is 0. The minimum Gasteiger partial charge on any atom is -0.272 e. The van der Waals surface area contributed by atoms with E-state index < -0.39 is 10.8 Å². The zero-order valence-corrected chi connectivity index (χ0v) is 13.0. The Hall–Kier alpha value is -3.33. The number of hydrogen-bond acceptors (Lipinski definition) is 6. The molecule has 0 radical (unpaired) electrons. The molecule has 0 saturated heterocycles. The molecule has 3 aromatic rings. The molecule has 2 aromatic heterocycles. The molecule has 0 aliphatic heterocycles. The molecule has 1 aromatic carbocycles. The summed E-state index contributed by atoms with van der Waals surface area (Å²) in [6.07, 6.45) is 1.54. The van der Waals surface area contributed by atoms with Crippen molar-refractivity contribution in [2.24, 2.45) is 5.10 Å². The van der Waals surface area contributed by atoms with Crippen molar-refractivity contribution in [1.82, 2.24) is 15.6 Å². The minimum atomic E-state index is -0.483. The molecule has 0 aliphatic rings. The number of amides is 1. The van der Waals surface area contributed by atoms with Crippen molar-refractivity contribution < 1.29 is 9.72 Å². The number of nitrogens with one attached hydrogen (secondary N) is 2. The molecule has 1 amide bonds. The van der Waals surface area contributed by atoms with Gasteiger partial charge in [0.15, 0.2) is 0 Å². The zero-order chi connectivity index (χ0) is 16.9. The van der Waals surface area contributed by atoms with E-state index in [2.05, 4.69) is 20.7 Å². The van der Waals surface area contributed by atoms with Crippen LogP contribution >= 0.6 is 11.3 Å². The largest absolute Gasteiger partial charge is 0.289 e. The molecule has 0 atom stereocenters. The average Bonchev–Trinajstić information content (AvgIpc) is 3.26. The van der Waals surface area contributed by atoms with Gasteiger partial charge < -0.3 is 0 Å². The third-order valence-corrected chi connectivity index (χ3v) is 3.88. The van der Waals surface area contributed by atoms with Gasteiger partial charge in [-0.15, -0.1) is 11.3 Å². The molecular weight excluding hydrogens is 330 g/mol. The van der Waals surface area contributed by atoms with Gasteiger partial charge in [0.2, 0.25) is 0 Å². The number of nitro benzene ring substituents is 1. The highest BCUT2D eigenvalue weighted by Gasteiger charge is 2.13. The Morgan fingerprint density at radius 2 is 2.21 bits per heavy atom. The highest BCUT2D eigenvalue weighted by atomic mass is 32.1. The third-order valence-electron chi connectivity index (χ3n) is 3.08. The van der Waals surface area contributed by atoms with E-state index in [1.54, 1.807) is 18.3 Å². The molecule has 120 valence electrons. The predicted molar refractivity (Wildman–Crippen MR) is 90.1 cm³/mol. The minimum absolute atomic E-state index is 0.0398. The lowest BCUT2D eigenvalue weighted by atomic mass is 10.1. The first-order valence-electron chi connectivity index (χ1n) is 6.80. The molecule has 24 heavy (non-hydrogen) atoms. The predicted octanol–water partition coefficient (Wildman–Crippen LogP) is 2.81. The zero-order valence-electron chi connectivity index (χ0n) is 12.2. The van der Waals surface area contributed by atoms with Crippen LogP contribution in [-0.2, 0) is 0 Å². The summed E-state index contributed by atoms with van der Waals surface area (Å²) < 4.78 is 0. The maximum atomic E-state index is 12.0. The van der Waals surface area contributed by atoms with Gasteiger partial charge in [-0.05, 0) is 17.5 Å². The summed E-state index contributed by atoms with van der Waals surface area (Å²) in [7, 11) is 0. The highest BCUT2D eigenvalue weighted by molar-refractivity contribution is 7.11. The lowest BCUT2D eigenvalue weighted by Crippen LogP contribution is -2.17. The summed E-state index contributed by atoms with van der Waals surface area (Å²) >= 11 is 1.50. The number of nitrogens with zero attached hydrogens (tertiary/aromatic N) is 3. The van der Waals surface area contributed by atoms with Crippen molar-refractivity contribution >= 4 is 29.1 Å². The summed E-state index contributed by atoms with van der Waals surface area (Å²) in [5.41, 5.74) is 3.54. The number of aromatic amines is 1. The quantitative estimate of drug-likeness (QED) is 0.422. The topological polar surface area (TPSA) is 113 Å². The van der Waals surface area contributed by atoms with Gasteiger partial charge in [-0.3, -0.25) is 20.0 Å². The first-order chi connectivity index (χ1) is 11.6. The molecule has 0 bridgehead atoms. The van der Waals surface area contributed by atoms with E-state index in [1.165, 1.54) is 29.5 Å². The molecule has 2 N–H and O–H groups in total. The van der Waals surface area contributed by atoms with Crippen LogP contribution in [-0.4, -0.2) is 27.2 Å². The number of nitro groups is 1. The second-order valence-corrected chi connectivity index (χ2v) is 5.67. The van der Waals surface area contributed by atoms with Crippen LogP contribution in [0.2, 0.25) is 0 Å². The lowest BCUT2D eigenvalue weighted by molar-refractivity contribution is -0.384. The third kappa shape index (κ3) is 3.52. The first kappa shape index (κ1) is 15.6. The van der Waals surface area contributed by atoms with Crippen LogP contribution in [0.25, 0.3) is 11.3 Å². The van der Waals surface area contributed by atoms with E-state index >= 15 is 0 Å². The average molecular weight is 341 g/mol. The highest BCUT2D eigenvalue weighted by Crippen LogP contribution is 2.22. The van der Waals surface area contributed by atoms with Crippen molar-refractivity contribution in [3.8, 4) is 11.3 Å². The van der Waals surface area contributed by atoms with Crippen molar-refractivity contribution in [3.63, 3.8) is 0 Å². The fourth-order valence-electron chi connectivity index (χ4n) is 1.94. The second-order valence-electron chi connectivity index (χ2n) is 4.69. The van der Waals surface area contributed by atoms with E-state index in [4.69, 9.17) is 0 Å². The summed E-state index contributed by atoms with van der Waals surface area (Å²) in [6, 6.07) is 11.3. The number of hydrazone groups is 1. The van der Waals surface area contributed by atoms with Gasteiger partial charge in [0.1, 0.15) is 5.69 Å². The van der Waals surface area contributed by atoms with Gasteiger partial charge in [0.25, 0.3) is 11.6 Å². The van der Waals surface area contributed by atoms with Crippen LogP contribution in [0.15, 0.2) is 52.9 Å². The second kappa shape index (κ2) is 6.84. The number of hydrogen-bond donors (Lipinski definition) is 2. The number of rotatable bonds is 5. The van der Waals surface area contributed by atoms with Gasteiger partial charge in [0.05, 0.1) is 16.8 Å². The number of benzene rings is 1. The maximum Gasteiger partial charge on any atom is 0.289 e. The summed E-state index contributed by atoms with van der Waals surface area (Å²) in [5, 5.41) is 23.2. The fourth-order valence-corrected chi connectivity index (χ4v) is 2.53. The number of non-ortho nitro benzene ring substituents is 1. The maximum absolute atomic E-state index is 12.0. The van der Waals surface area contributed by atoms with Gasteiger partial charge in [-0.25, -0.2) is 5.43 Å². The molecule has 8 nitrogen and oxygen atoms in total. The summed E-state index contributed by atoms with van der Waals surface area (Å²) in [5.74, 6) is -0.452. The number of carbonyl (C=O) groups excluding carboxylic acids is 1. The SMILES string of the molecule is O=C(N/N=C/c1cccs1)c1cc(-c2cccc([N+](=O)[O-])c2)n[nH]1. The molecule has 0 aliphatic carbocycles. The molecule has 2 heterocycles. The van der Waals surface area contributed by atoms with Crippen molar-refractivity contribution in [2.45, 2.75) is 0 Å². The molecule has 0 spiro atoms. The van der Waals surface area contributed by atoms with Gasteiger partial charge in [-0.2, -0.15) is 10.2 Å². The Bertz CT molecular complexity index is 901. The molecule has 0 unspecified atom stereocenters. The van der Waals surface area contributed by atoms with Crippen LogP contribution in [0.1, 0.15) is 15.4 Å². The van der Waals surface area contributed by atoms with E-state index in [0.717, 1.165) is 4.88 Å².